The van der Waals surface area contributed by atoms with Crippen LogP contribution in [0.5, 0.6) is 0 Å². The number of rotatable bonds is 5. The number of nitrogens with one attached hydrogen (secondary N) is 1. The number of benzene rings is 1. The molecule has 2 saturated heterocycles. The average Bonchev–Trinajstić information content (AvgIpc) is 3.54. The summed E-state index contributed by atoms with van der Waals surface area (Å²) in [6, 6.07) is 22.8. The molecule has 7 nitrogen and oxygen atoms in total. The third-order valence-corrected chi connectivity index (χ3v) is 7.14. The minimum atomic E-state index is -0.114. The molecule has 3 aromatic heterocycles. The lowest BCUT2D eigenvalue weighted by Gasteiger charge is -2.31. The topological polar surface area (TPSA) is 58.5 Å². The van der Waals surface area contributed by atoms with E-state index in [1.165, 1.54) is 5.69 Å². The third kappa shape index (κ3) is 4.23. The fourth-order valence-corrected chi connectivity index (χ4v) is 5.37. The van der Waals surface area contributed by atoms with Crippen LogP contribution in [0.1, 0.15) is 29.0 Å². The van der Waals surface area contributed by atoms with Gasteiger partial charge in [-0.05, 0) is 79.3 Å². The van der Waals surface area contributed by atoms with Gasteiger partial charge in [-0.1, -0.05) is 12.1 Å². The first-order valence-electron chi connectivity index (χ1n) is 12.2. The summed E-state index contributed by atoms with van der Waals surface area (Å²) in [7, 11) is 0. The van der Waals surface area contributed by atoms with Crippen LogP contribution in [-0.2, 0) is 4.74 Å². The van der Waals surface area contributed by atoms with E-state index in [4.69, 9.17) is 21.9 Å². The van der Waals surface area contributed by atoms with Gasteiger partial charge in [-0.3, -0.25) is 4.98 Å². The molecule has 4 aromatic rings. The molecule has 1 N–H and O–H groups in total. The number of aryl methyl sites for hydroxylation is 1. The van der Waals surface area contributed by atoms with Crippen molar-refractivity contribution in [3.63, 3.8) is 0 Å². The summed E-state index contributed by atoms with van der Waals surface area (Å²) >= 11 is 5.92. The van der Waals surface area contributed by atoms with Crippen molar-refractivity contribution in [2.45, 2.75) is 19.0 Å². The first kappa shape index (κ1) is 22.7. The highest BCUT2D eigenvalue weighted by molar-refractivity contribution is 7.80. The van der Waals surface area contributed by atoms with Crippen LogP contribution in [0, 0.1) is 6.92 Å². The maximum absolute atomic E-state index is 5.92. The first-order chi connectivity index (χ1) is 17.7. The lowest BCUT2D eigenvalue weighted by Crippen LogP contribution is -2.36. The van der Waals surface area contributed by atoms with Gasteiger partial charge in [-0.15, -0.1) is 0 Å². The number of morpholine rings is 1. The SMILES string of the molecule is Cc1ccc(-n2cccc2[C@H]2[C@@H](c3ccccn3)NC(=S)N2c2ccc(N3CCOCC3)cc2)nc1. The molecule has 8 heteroatoms. The molecule has 36 heavy (non-hydrogen) atoms. The highest BCUT2D eigenvalue weighted by Crippen LogP contribution is 2.42. The van der Waals surface area contributed by atoms with Crippen molar-refractivity contribution in [2.24, 2.45) is 0 Å². The van der Waals surface area contributed by atoms with E-state index in [2.05, 4.69) is 85.5 Å². The molecule has 0 bridgehead atoms. The monoisotopic (exact) mass is 496 g/mol. The number of pyridine rings is 2. The van der Waals surface area contributed by atoms with Crippen LogP contribution >= 0.6 is 12.2 Å². The van der Waals surface area contributed by atoms with E-state index >= 15 is 0 Å². The lowest BCUT2D eigenvalue weighted by atomic mass is 10.0. The van der Waals surface area contributed by atoms with Crippen LogP contribution in [0.15, 0.2) is 85.3 Å². The summed E-state index contributed by atoms with van der Waals surface area (Å²) in [5, 5.41) is 4.24. The first-order valence-corrected chi connectivity index (χ1v) is 12.6. The average molecular weight is 497 g/mol. The summed E-state index contributed by atoms with van der Waals surface area (Å²) in [6.45, 7) is 5.39. The van der Waals surface area contributed by atoms with Crippen molar-refractivity contribution in [2.75, 3.05) is 36.1 Å². The van der Waals surface area contributed by atoms with Crippen molar-refractivity contribution < 1.29 is 4.74 Å². The predicted molar refractivity (Wildman–Crippen MR) is 146 cm³/mol. The zero-order valence-electron chi connectivity index (χ0n) is 20.1. The summed E-state index contributed by atoms with van der Waals surface area (Å²) in [5.41, 5.74) is 5.40. The molecule has 6 rings (SSSR count). The Kier molecular flexibility index (Phi) is 6.13. The molecule has 0 aliphatic carbocycles. The smallest absolute Gasteiger partial charge is 0.174 e. The minimum Gasteiger partial charge on any atom is -0.378 e. The van der Waals surface area contributed by atoms with E-state index in [1.807, 2.05) is 31.5 Å². The molecule has 182 valence electrons. The Morgan fingerprint density at radius 2 is 1.72 bits per heavy atom. The molecular weight excluding hydrogens is 468 g/mol. The Bertz CT molecular complexity index is 1330. The highest BCUT2D eigenvalue weighted by atomic mass is 32.1. The Hall–Kier alpha value is -3.75. The molecule has 0 spiro atoms. The van der Waals surface area contributed by atoms with E-state index in [9.17, 15) is 0 Å². The van der Waals surface area contributed by atoms with Gasteiger partial charge in [0.05, 0.1) is 24.9 Å². The molecule has 2 fully saturated rings. The van der Waals surface area contributed by atoms with Crippen LogP contribution in [0.3, 0.4) is 0 Å². The Labute approximate surface area is 216 Å². The lowest BCUT2D eigenvalue weighted by molar-refractivity contribution is 0.122. The van der Waals surface area contributed by atoms with Gasteiger partial charge in [0.15, 0.2) is 5.11 Å². The van der Waals surface area contributed by atoms with Crippen LogP contribution in [0.4, 0.5) is 11.4 Å². The molecule has 2 aliphatic heterocycles. The molecular formula is C28H28N6OS. The predicted octanol–water partition coefficient (Wildman–Crippen LogP) is 4.59. The van der Waals surface area contributed by atoms with Gasteiger partial charge in [-0.2, -0.15) is 0 Å². The minimum absolute atomic E-state index is 0.111. The zero-order valence-corrected chi connectivity index (χ0v) is 20.9. The van der Waals surface area contributed by atoms with Gasteiger partial charge in [-0.25, -0.2) is 4.98 Å². The second-order valence-electron chi connectivity index (χ2n) is 9.11. The maximum atomic E-state index is 5.92. The number of aromatic nitrogens is 3. The second kappa shape index (κ2) is 9.72. The number of nitrogens with zero attached hydrogens (tertiary/aromatic N) is 5. The number of thiocarbonyl (C=S) groups is 1. The summed E-state index contributed by atoms with van der Waals surface area (Å²) in [4.78, 5) is 13.9. The fourth-order valence-electron chi connectivity index (χ4n) is 5.03. The molecule has 1 aromatic carbocycles. The molecule has 0 saturated carbocycles. The van der Waals surface area contributed by atoms with Crippen molar-refractivity contribution in [1.82, 2.24) is 19.9 Å². The summed E-state index contributed by atoms with van der Waals surface area (Å²) in [5.74, 6) is 0.876. The number of hydrogen-bond donors (Lipinski definition) is 1. The second-order valence-corrected chi connectivity index (χ2v) is 9.50. The Morgan fingerprint density at radius 3 is 2.44 bits per heavy atom. The third-order valence-electron chi connectivity index (χ3n) is 6.83. The van der Waals surface area contributed by atoms with Crippen molar-refractivity contribution in [3.8, 4) is 5.82 Å². The van der Waals surface area contributed by atoms with E-state index < -0.39 is 0 Å². The Morgan fingerprint density at radius 1 is 0.917 bits per heavy atom. The standard InChI is InChI=1S/C28H28N6OS/c1-20-7-12-25(30-19-20)33-14-4-6-24(33)27-26(23-5-2-3-13-29-23)31-28(36)34(27)22-10-8-21(9-11-22)32-15-17-35-18-16-32/h2-14,19,26-27H,15-18H2,1H3,(H,31,36)/t26-,27+/m1/s1. The number of ether oxygens (including phenoxy) is 1. The van der Waals surface area contributed by atoms with Crippen molar-refractivity contribution >= 4 is 28.7 Å². The van der Waals surface area contributed by atoms with Crippen LogP contribution in [-0.4, -0.2) is 46.0 Å². The van der Waals surface area contributed by atoms with Crippen molar-refractivity contribution in [1.29, 1.82) is 0 Å². The van der Waals surface area contributed by atoms with Gasteiger partial charge in [0.1, 0.15) is 11.9 Å². The quantitative estimate of drug-likeness (QED) is 0.406. The van der Waals surface area contributed by atoms with Crippen LogP contribution in [0.2, 0.25) is 0 Å². The van der Waals surface area contributed by atoms with Gasteiger partial charge in [0.2, 0.25) is 0 Å². The largest absolute Gasteiger partial charge is 0.378 e. The van der Waals surface area contributed by atoms with Gasteiger partial charge in [0, 0.05) is 48.7 Å². The summed E-state index contributed by atoms with van der Waals surface area (Å²) < 4.78 is 7.66. The van der Waals surface area contributed by atoms with E-state index in [1.54, 1.807) is 0 Å². The molecule has 0 unspecified atom stereocenters. The number of anilines is 2. The van der Waals surface area contributed by atoms with E-state index in [0.717, 1.165) is 54.8 Å². The molecule has 5 heterocycles. The molecule has 2 atom stereocenters. The zero-order chi connectivity index (χ0) is 24.5. The van der Waals surface area contributed by atoms with Gasteiger partial charge < -0.3 is 24.4 Å². The normalized spacial score (nSPS) is 20.0. The van der Waals surface area contributed by atoms with Crippen LogP contribution < -0.4 is 15.1 Å². The highest BCUT2D eigenvalue weighted by Gasteiger charge is 2.42. The molecule has 2 aliphatic rings. The molecule has 0 amide bonds. The molecule has 0 radical (unpaired) electrons. The van der Waals surface area contributed by atoms with Gasteiger partial charge in [0.25, 0.3) is 0 Å². The van der Waals surface area contributed by atoms with Crippen LogP contribution in [0.25, 0.3) is 5.82 Å². The number of hydrogen-bond acceptors (Lipinski definition) is 5. The maximum Gasteiger partial charge on any atom is 0.174 e. The Balaban J connectivity index is 1.41. The summed E-state index contributed by atoms with van der Waals surface area (Å²) in [6.07, 6.45) is 5.79. The van der Waals surface area contributed by atoms with E-state index in [-0.39, 0.29) is 12.1 Å². The van der Waals surface area contributed by atoms with Gasteiger partial charge >= 0.3 is 0 Å². The van der Waals surface area contributed by atoms with Crippen molar-refractivity contribution in [3.05, 3.63) is 102 Å². The van der Waals surface area contributed by atoms with E-state index in [0.29, 0.717) is 5.11 Å². The fraction of sp³-hybridized carbons (Fsp3) is 0.250.